The van der Waals surface area contributed by atoms with Crippen LogP contribution < -0.4 is 10.2 Å². The van der Waals surface area contributed by atoms with Gasteiger partial charge in [0.25, 0.3) is 11.8 Å². The fraction of sp³-hybridized carbons (Fsp3) is 0.154. The van der Waals surface area contributed by atoms with E-state index < -0.39 is 23.4 Å². The predicted octanol–water partition coefficient (Wildman–Crippen LogP) is 6.31. The van der Waals surface area contributed by atoms with Crippen molar-refractivity contribution in [2.24, 2.45) is 0 Å². The summed E-state index contributed by atoms with van der Waals surface area (Å²) >= 11 is 5.88. The Morgan fingerprint density at radius 1 is 0.848 bits per heavy atom. The Hall–Kier alpha value is -3.51. The number of benzene rings is 3. The first kappa shape index (κ1) is 22.7. The van der Waals surface area contributed by atoms with Gasteiger partial charge in [0.05, 0.1) is 16.3 Å². The van der Waals surface area contributed by atoms with Crippen LogP contribution in [0.1, 0.15) is 31.9 Å². The van der Waals surface area contributed by atoms with Crippen LogP contribution in [0.4, 0.5) is 20.2 Å². The van der Waals surface area contributed by atoms with Crippen LogP contribution in [0.25, 0.3) is 5.57 Å². The van der Waals surface area contributed by atoms with Crippen molar-refractivity contribution in [2.75, 3.05) is 10.2 Å². The number of nitrogens with one attached hydrogen (secondary N) is 1. The number of nitrogens with zero attached hydrogens (tertiary/aromatic N) is 1. The highest BCUT2D eigenvalue weighted by atomic mass is 35.5. The SMILES string of the molecule is CC(C)(C)c1ccc(NC2=C(c3ccc(F)cc3)C(=O)N(c3ccc(F)c(Cl)c3)C2=O)cc1. The number of rotatable bonds is 4. The van der Waals surface area contributed by atoms with Gasteiger partial charge < -0.3 is 5.32 Å². The van der Waals surface area contributed by atoms with Gasteiger partial charge >= 0.3 is 0 Å². The minimum atomic E-state index is -0.663. The average molecular weight is 467 g/mol. The van der Waals surface area contributed by atoms with Gasteiger partial charge in [-0.15, -0.1) is 0 Å². The van der Waals surface area contributed by atoms with E-state index in [0.717, 1.165) is 16.5 Å². The molecule has 0 saturated heterocycles. The number of amides is 2. The first-order chi connectivity index (χ1) is 15.6. The molecule has 4 rings (SSSR count). The van der Waals surface area contributed by atoms with Crippen molar-refractivity contribution in [3.05, 3.63) is 100 Å². The Bertz CT molecular complexity index is 1280. The van der Waals surface area contributed by atoms with E-state index in [1.807, 2.05) is 24.3 Å². The third kappa shape index (κ3) is 4.39. The second kappa shape index (κ2) is 8.45. The molecule has 1 heterocycles. The highest BCUT2D eigenvalue weighted by Crippen LogP contribution is 2.35. The summed E-state index contributed by atoms with van der Waals surface area (Å²) in [6.45, 7) is 6.28. The lowest BCUT2D eigenvalue weighted by Gasteiger charge is -2.19. The number of halogens is 3. The van der Waals surface area contributed by atoms with Gasteiger partial charge in [0, 0.05) is 5.69 Å². The Morgan fingerprint density at radius 3 is 2.06 bits per heavy atom. The smallest absolute Gasteiger partial charge is 0.282 e. The molecule has 2 amide bonds. The average Bonchev–Trinajstić information content (AvgIpc) is 3.00. The molecule has 168 valence electrons. The van der Waals surface area contributed by atoms with Gasteiger partial charge in [-0.3, -0.25) is 9.59 Å². The topological polar surface area (TPSA) is 49.4 Å². The van der Waals surface area contributed by atoms with E-state index >= 15 is 0 Å². The Morgan fingerprint density at radius 2 is 1.48 bits per heavy atom. The maximum atomic E-state index is 13.7. The lowest BCUT2D eigenvalue weighted by molar-refractivity contribution is -0.120. The van der Waals surface area contributed by atoms with E-state index in [-0.39, 0.29) is 27.4 Å². The second-order valence-corrected chi connectivity index (χ2v) is 9.16. The minimum absolute atomic E-state index is 0.0376. The van der Waals surface area contributed by atoms with E-state index in [2.05, 4.69) is 26.1 Å². The van der Waals surface area contributed by atoms with Gasteiger partial charge in [-0.25, -0.2) is 13.7 Å². The molecule has 1 aliphatic rings. The molecule has 0 spiro atoms. The molecule has 3 aromatic carbocycles. The Labute approximate surface area is 195 Å². The molecule has 7 heteroatoms. The van der Waals surface area contributed by atoms with Crippen molar-refractivity contribution in [2.45, 2.75) is 26.2 Å². The Balaban J connectivity index is 1.78. The normalized spacial score (nSPS) is 14.3. The van der Waals surface area contributed by atoms with Crippen LogP contribution in [0.5, 0.6) is 0 Å². The standard InChI is InChI=1S/C26H21ClF2N2O2/c1-26(2,3)16-6-10-18(11-7-16)30-23-22(15-4-8-17(28)9-5-15)24(32)31(25(23)33)19-12-13-21(29)20(27)14-19/h4-14,30H,1-3H3. The van der Waals surface area contributed by atoms with Gasteiger partial charge in [-0.1, -0.05) is 56.6 Å². The summed E-state index contributed by atoms with van der Waals surface area (Å²) in [5, 5.41) is 2.84. The van der Waals surface area contributed by atoms with E-state index in [1.54, 1.807) is 0 Å². The minimum Gasteiger partial charge on any atom is -0.350 e. The molecule has 0 bridgehead atoms. The molecule has 0 saturated carbocycles. The van der Waals surface area contributed by atoms with Crippen molar-refractivity contribution < 1.29 is 18.4 Å². The molecule has 0 radical (unpaired) electrons. The molecule has 1 N–H and O–H groups in total. The zero-order valence-corrected chi connectivity index (χ0v) is 19.0. The van der Waals surface area contributed by atoms with Gasteiger partial charge in [-0.2, -0.15) is 0 Å². The maximum Gasteiger partial charge on any atom is 0.282 e. The summed E-state index contributed by atoms with van der Waals surface area (Å²) in [6.07, 6.45) is 0. The summed E-state index contributed by atoms with van der Waals surface area (Å²) in [7, 11) is 0. The van der Waals surface area contributed by atoms with E-state index in [9.17, 15) is 18.4 Å². The zero-order chi connectivity index (χ0) is 23.9. The van der Waals surface area contributed by atoms with Gasteiger partial charge in [0.2, 0.25) is 0 Å². The molecule has 33 heavy (non-hydrogen) atoms. The number of hydrogen-bond acceptors (Lipinski definition) is 3. The monoisotopic (exact) mass is 466 g/mol. The van der Waals surface area contributed by atoms with Crippen LogP contribution in [-0.2, 0) is 15.0 Å². The van der Waals surface area contributed by atoms with Crippen molar-refractivity contribution in [1.29, 1.82) is 0 Å². The van der Waals surface area contributed by atoms with Crippen molar-refractivity contribution in [3.63, 3.8) is 0 Å². The van der Waals surface area contributed by atoms with Crippen LogP contribution in [-0.4, -0.2) is 11.8 Å². The van der Waals surface area contributed by atoms with Gasteiger partial charge in [0.15, 0.2) is 0 Å². The summed E-state index contributed by atoms with van der Waals surface area (Å²) in [4.78, 5) is 27.7. The third-order valence-electron chi connectivity index (χ3n) is 5.40. The largest absolute Gasteiger partial charge is 0.350 e. The molecule has 0 unspecified atom stereocenters. The quantitative estimate of drug-likeness (QED) is 0.458. The van der Waals surface area contributed by atoms with Gasteiger partial charge in [-0.05, 0) is 59.0 Å². The number of imide groups is 1. The lowest BCUT2D eigenvalue weighted by atomic mass is 9.87. The van der Waals surface area contributed by atoms with E-state index in [0.29, 0.717) is 11.3 Å². The number of hydrogen-bond donors (Lipinski definition) is 1. The lowest BCUT2D eigenvalue weighted by Crippen LogP contribution is -2.32. The molecule has 1 aliphatic heterocycles. The Kier molecular flexibility index (Phi) is 5.80. The number of carbonyl (C=O) groups is 2. The summed E-state index contributed by atoms with van der Waals surface area (Å²) in [5.74, 6) is -2.38. The molecule has 0 fully saturated rings. The molecule has 3 aromatic rings. The van der Waals surface area contributed by atoms with Crippen molar-refractivity contribution in [3.8, 4) is 0 Å². The van der Waals surface area contributed by atoms with Crippen molar-refractivity contribution in [1.82, 2.24) is 0 Å². The number of anilines is 2. The summed E-state index contributed by atoms with van der Waals surface area (Å²) in [6, 6.07) is 16.4. The molecular weight excluding hydrogens is 446 g/mol. The summed E-state index contributed by atoms with van der Waals surface area (Å²) in [5.41, 5.74) is 2.30. The van der Waals surface area contributed by atoms with E-state index in [4.69, 9.17) is 11.6 Å². The molecular formula is C26H21ClF2N2O2. The highest BCUT2D eigenvalue weighted by molar-refractivity contribution is 6.46. The second-order valence-electron chi connectivity index (χ2n) is 8.75. The first-order valence-electron chi connectivity index (χ1n) is 10.3. The molecule has 0 atom stereocenters. The summed E-state index contributed by atoms with van der Waals surface area (Å²) < 4.78 is 27.2. The first-order valence-corrected chi connectivity index (χ1v) is 10.7. The predicted molar refractivity (Wildman–Crippen MR) is 126 cm³/mol. The fourth-order valence-electron chi connectivity index (χ4n) is 3.59. The zero-order valence-electron chi connectivity index (χ0n) is 18.2. The fourth-order valence-corrected chi connectivity index (χ4v) is 3.76. The molecule has 0 aromatic heterocycles. The van der Waals surface area contributed by atoms with Crippen LogP contribution in [0, 0.1) is 11.6 Å². The number of carbonyl (C=O) groups excluding carboxylic acids is 2. The van der Waals surface area contributed by atoms with Gasteiger partial charge in [0.1, 0.15) is 17.3 Å². The van der Waals surface area contributed by atoms with Crippen LogP contribution in [0.15, 0.2) is 72.4 Å². The molecule has 4 nitrogen and oxygen atoms in total. The van der Waals surface area contributed by atoms with Crippen LogP contribution >= 0.6 is 11.6 Å². The van der Waals surface area contributed by atoms with Crippen LogP contribution in [0.2, 0.25) is 5.02 Å². The van der Waals surface area contributed by atoms with Crippen LogP contribution in [0.3, 0.4) is 0 Å². The maximum absolute atomic E-state index is 13.7. The van der Waals surface area contributed by atoms with E-state index in [1.165, 1.54) is 36.4 Å². The molecule has 0 aliphatic carbocycles. The highest BCUT2D eigenvalue weighted by Gasteiger charge is 2.40. The van der Waals surface area contributed by atoms with Crippen molar-refractivity contribution >= 4 is 40.4 Å². The third-order valence-corrected chi connectivity index (χ3v) is 5.69.